The Morgan fingerprint density at radius 2 is 1.88 bits per heavy atom. The summed E-state index contributed by atoms with van der Waals surface area (Å²) >= 11 is 1.74. The van der Waals surface area contributed by atoms with Crippen LogP contribution in [0.4, 0.5) is 0 Å². The van der Waals surface area contributed by atoms with Crippen molar-refractivity contribution >= 4 is 27.5 Å². The van der Waals surface area contributed by atoms with E-state index in [1.54, 1.807) is 11.3 Å². The van der Waals surface area contributed by atoms with E-state index in [9.17, 15) is 4.79 Å². The molecule has 126 valence electrons. The Kier molecular flexibility index (Phi) is 4.76. The van der Waals surface area contributed by atoms with Crippen LogP contribution in [0.25, 0.3) is 10.2 Å². The first kappa shape index (κ1) is 16.8. The third kappa shape index (κ3) is 3.24. The average molecular weight is 340 g/mol. The van der Waals surface area contributed by atoms with E-state index in [1.165, 1.54) is 15.1 Å². The molecule has 2 heterocycles. The minimum absolute atomic E-state index is 0.00698. The van der Waals surface area contributed by atoms with Crippen molar-refractivity contribution in [1.29, 1.82) is 0 Å². The molecule has 0 bridgehead atoms. The fourth-order valence-electron chi connectivity index (χ4n) is 2.99. The van der Waals surface area contributed by atoms with Crippen molar-refractivity contribution in [1.82, 2.24) is 9.88 Å². The maximum atomic E-state index is 12.7. The molecule has 4 heteroatoms. The Balaban J connectivity index is 2.06. The van der Waals surface area contributed by atoms with Gasteiger partial charge in [0.15, 0.2) is 0 Å². The summed E-state index contributed by atoms with van der Waals surface area (Å²) in [4.78, 5) is 14.0. The van der Waals surface area contributed by atoms with Crippen LogP contribution in [0.3, 0.4) is 0 Å². The Morgan fingerprint density at radius 3 is 2.54 bits per heavy atom. The van der Waals surface area contributed by atoms with Gasteiger partial charge >= 0.3 is 0 Å². The molecule has 24 heavy (non-hydrogen) atoms. The standard InChI is InChI=1S/C20H24N2OS/c1-13(2)12-21-20(23)18-11-19-17(10-14(3)24-19)22(18)15(4)16-8-6-5-7-9-16/h5-11,13,15H,12H2,1-4H3,(H,21,23)/t15-/m1/s1. The molecule has 0 aliphatic heterocycles. The fourth-order valence-corrected chi connectivity index (χ4v) is 3.94. The summed E-state index contributed by atoms with van der Waals surface area (Å²) in [7, 11) is 0. The molecule has 3 rings (SSSR count). The molecule has 1 N–H and O–H groups in total. The zero-order valence-electron chi connectivity index (χ0n) is 14.7. The number of aryl methyl sites for hydroxylation is 1. The van der Waals surface area contributed by atoms with Gasteiger partial charge in [-0.2, -0.15) is 0 Å². The van der Waals surface area contributed by atoms with Crippen LogP contribution in [0.1, 0.15) is 47.7 Å². The van der Waals surface area contributed by atoms with Crippen LogP contribution < -0.4 is 5.32 Å². The molecule has 0 radical (unpaired) electrons. The highest BCUT2D eigenvalue weighted by atomic mass is 32.1. The summed E-state index contributed by atoms with van der Waals surface area (Å²) in [6, 6.07) is 14.7. The normalized spacial score (nSPS) is 12.7. The van der Waals surface area contributed by atoms with E-state index in [-0.39, 0.29) is 11.9 Å². The maximum Gasteiger partial charge on any atom is 0.268 e. The molecule has 3 nitrogen and oxygen atoms in total. The highest BCUT2D eigenvalue weighted by molar-refractivity contribution is 7.19. The van der Waals surface area contributed by atoms with E-state index in [2.05, 4.69) is 55.8 Å². The third-order valence-electron chi connectivity index (χ3n) is 4.22. The first-order chi connectivity index (χ1) is 11.5. The van der Waals surface area contributed by atoms with Gasteiger partial charge in [-0.3, -0.25) is 4.79 Å². The number of aromatic nitrogens is 1. The smallest absolute Gasteiger partial charge is 0.268 e. The van der Waals surface area contributed by atoms with Crippen molar-refractivity contribution in [3.63, 3.8) is 0 Å². The minimum Gasteiger partial charge on any atom is -0.351 e. The van der Waals surface area contributed by atoms with E-state index in [0.717, 1.165) is 11.2 Å². The van der Waals surface area contributed by atoms with Crippen LogP contribution in [0, 0.1) is 12.8 Å². The van der Waals surface area contributed by atoms with Gasteiger partial charge in [-0.05, 0) is 37.5 Å². The lowest BCUT2D eigenvalue weighted by Gasteiger charge is -2.19. The van der Waals surface area contributed by atoms with Gasteiger partial charge in [-0.1, -0.05) is 44.2 Å². The van der Waals surface area contributed by atoms with Crippen LogP contribution in [0.15, 0.2) is 42.5 Å². The molecule has 1 aromatic carbocycles. The molecule has 0 unspecified atom stereocenters. The first-order valence-corrected chi connectivity index (χ1v) is 9.23. The largest absolute Gasteiger partial charge is 0.351 e. The highest BCUT2D eigenvalue weighted by Gasteiger charge is 2.21. The molecule has 0 saturated heterocycles. The number of thiophene rings is 1. The quantitative estimate of drug-likeness (QED) is 0.696. The second-order valence-electron chi connectivity index (χ2n) is 6.70. The van der Waals surface area contributed by atoms with Crippen LogP contribution in [-0.4, -0.2) is 17.0 Å². The molecule has 3 aromatic rings. The lowest BCUT2D eigenvalue weighted by molar-refractivity contribution is 0.0939. The number of nitrogens with zero attached hydrogens (tertiary/aromatic N) is 1. The summed E-state index contributed by atoms with van der Waals surface area (Å²) < 4.78 is 3.34. The predicted octanol–water partition coefficient (Wildman–Crippen LogP) is 5.01. The topological polar surface area (TPSA) is 34.0 Å². The molecule has 1 atom stereocenters. The molecular formula is C20H24N2OS. The number of rotatable bonds is 5. The zero-order valence-corrected chi connectivity index (χ0v) is 15.5. The number of amides is 1. The number of carbonyl (C=O) groups excluding carboxylic acids is 1. The Bertz CT molecular complexity index is 845. The summed E-state index contributed by atoms with van der Waals surface area (Å²) in [5.41, 5.74) is 3.09. The van der Waals surface area contributed by atoms with Crippen LogP contribution in [-0.2, 0) is 0 Å². The molecule has 0 aliphatic carbocycles. The second kappa shape index (κ2) is 6.81. The lowest BCUT2D eigenvalue weighted by atomic mass is 10.1. The van der Waals surface area contributed by atoms with Gasteiger partial charge < -0.3 is 9.88 Å². The van der Waals surface area contributed by atoms with Crippen molar-refractivity contribution in [3.05, 3.63) is 58.6 Å². The molecule has 0 spiro atoms. The number of benzene rings is 1. The van der Waals surface area contributed by atoms with Crippen LogP contribution >= 0.6 is 11.3 Å². The van der Waals surface area contributed by atoms with Gasteiger partial charge in [-0.25, -0.2) is 0 Å². The Labute approximate surface area is 147 Å². The zero-order chi connectivity index (χ0) is 17.3. The summed E-state index contributed by atoms with van der Waals surface area (Å²) in [6.07, 6.45) is 0. The van der Waals surface area contributed by atoms with Crippen molar-refractivity contribution < 1.29 is 4.79 Å². The van der Waals surface area contributed by atoms with Crippen molar-refractivity contribution in [2.45, 2.75) is 33.7 Å². The predicted molar refractivity (Wildman–Crippen MR) is 102 cm³/mol. The first-order valence-electron chi connectivity index (χ1n) is 8.42. The van der Waals surface area contributed by atoms with E-state index >= 15 is 0 Å². The number of hydrogen-bond acceptors (Lipinski definition) is 2. The molecule has 2 aromatic heterocycles. The van der Waals surface area contributed by atoms with Gasteiger partial charge in [0.05, 0.1) is 16.3 Å². The van der Waals surface area contributed by atoms with E-state index in [1.807, 2.05) is 24.3 Å². The third-order valence-corrected chi connectivity index (χ3v) is 5.21. The Morgan fingerprint density at radius 1 is 1.17 bits per heavy atom. The molecule has 0 saturated carbocycles. The second-order valence-corrected chi connectivity index (χ2v) is 7.98. The van der Waals surface area contributed by atoms with Gasteiger partial charge in [0.25, 0.3) is 5.91 Å². The van der Waals surface area contributed by atoms with E-state index < -0.39 is 0 Å². The van der Waals surface area contributed by atoms with Gasteiger partial charge in [0.1, 0.15) is 5.69 Å². The summed E-state index contributed by atoms with van der Waals surface area (Å²) in [5.74, 6) is 0.444. The SMILES string of the molecule is Cc1cc2c(cc(C(=O)NCC(C)C)n2[C@H](C)c2ccccc2)s1. The maximum absolute atomic E-state index is 12.7. The van der Waals surface area contributed by atoms with Crippen molar-refractivity contribution in [3.8, 4) is 0 Å². The number of carbonyl (C=O) groups is 1. The summed E-state index contributed by atoms with van der Waals surface area (Å²) in [6.45, 7) is 9.17. The molecule has 0 fully saturated rings. The van der Waals surface area contributed by atoms with Gasteiger partial charge in [0.2, 0.25) is 0 Å². The van der Waals surface area contributed by atoms with Gasteiger partial charge in [0, 0.05) is 11.4 Å². The van der Waals surface area contributed by atoms with Crippen molar-refractivity contribution in [2.75, 3.05) is 6.54 Å². The van der Waals surface area contributed by atoms with E-state index in [4.69, 9.17) is 0 Å². The van der Waals surface area contributed by atoms with Gasteiger partial charge in [-0.15, -0.1) is 11.3 Å². The lowest BCUT2D eigenvalue weighted by Crippen LogP contribution is -2.29. The fraction of sp³-hybridized carbons (Fsp3) is 0.350. The van der Waals surface area contributed by atoms with E-state index in [0.29, 0.717) is 12.5 Å². The number of hydrogen-bond donors (Lipinski definition) is 1. The molecule has 0 aliphatic rings. The monoisotopic (exact) mass is 340 g/mol. The minimum atomic E-state index is 0.00698. The average Bonchev–Trinajstić information content (AvgIpc) is 3.08. The van der Waals surface area contributed by atoms with Crippen LogP contribution in [0.2, 0.25) is 0 Å². The number of fused-ring (bicyclic) bond motifs is 1. The molecule has 1 amide bonds. The Hall–Kier alpha value is -2.07. The summed E-state index contributed by atoms with van der Waals surface area (Å²) in [5, 5.41) is 3.06. The van der Waals surface area contributed by atoms with Crippen LogP contribution in [0.5, 0.6) is 0 Å². The highest BCUT2D eigenvalue weighted by Crippen LogP contribution is 2.33. The molecular weight excluding hydrogens is 316 g/mol. The number of nitrogens with one attached hydrogen (secondary N) is 1. The van der Waals surface area contributed by atoms with Crippen molar-refractivity contribution in [2.24, 2.45) is 5.92 Å².